The maximum atomic E-state index is 5.66. The van der Waals surface area contributed by atoms with Gasteiger partial charge in [-0.3, -0.25) is 4.40 Å². The lowest BCUT2D eigenvalue weighted by Gasteiger charge is -2.20. The summed E-state index contributed by atoms with van der Waals surface area (Å²) in [6.07, 6.45) is 2.18. The molecule has 318 valence electrons. The first-order chi connectivity index (χ1) is 32.5. The van der Waals surface area contributed by atoms with Crippen LogP contribution in [-0.4, -0.2) is 18.4 Å². The molecule has 0 saturated carbocycles. The van der Waals surface area contributed by atoms with Crippen molar-refractivity contribution in [3.05, 3.63) is 181 Å². The number of aromatic nitrogens is 4. The molecule has 0 atom stereocenters. The molecule has 9 aromatic carbocycles. The number of nitrogens with zero attached hydrogens (tertiary/aromatic N) is 4. The van der Waals surface area contributed by atoms with Gasteiger partial charge in [-0.2, -0.15) is 0 Å². The second kappa shape index (κ2) is 12.5. The highest BCUT2D eigenvalue weighted by Gasteiger charge is 2.30. The van der Waals surface area contributed by atoms with E-state index >= 15 is 0 Å². The largest absolute Gasteiger partial charge is 0.309 e. The van der Waals surface area contributed by atoms with Crippen LogP contribution < -0.4 is 0 Å². The minimum absolute atomic E-state index is 0.0615. The van der Waals surface area contributed by atoms with Gasteiger partial charge in [0.05, 0.1) is 44.8 Å². The van der Waals surface area contributed by atoms with E-state index in [2.05, 4.69) is 225 Å². The molecule has 0 aliphatic heterocycles. The van der Waals surface area contributed by atoms with Gasteiger partial charge in [-0.25, -0.2) is 4.98 Å². The quantitative estimate of drug-likeness (QED) is 0.170. The van der Waals surface area contributed by atoms with Crippen molar-refractivity contribution in [1.29, 1.82) is 0 Å². The van der Waals surface area contributed by atoms with Crippen molar-refractivity contribution in [3.8, 4) is 16.8 Å². The van der Waals surface area contributed by atoms with Gasteiger partial charge in [0, 0.05) is 65.1 Å². The van der Waals surface area contributed by atoms with Gasteiger partial charge in [0.25, 0.3) is 0 Å². The molecule has 15 aromatic rings. The summed E-state index contributed by atoms with van der Waals surface area (Å²) in [6.45, 7) is 14.1. The Morgan fingerprint density at radius 1 is 0.373 bits per heavy atom. The maximum absolute atomic E-state index is 5.66. The van der Waals surface area contributed by atoms with E-state index in [-0.39, 0.29) is 10.8 Å². The Balaban J connectivity index is 1.14. The Hall–Kier alpha value is -7.95. The minimum Gasteiger partial charge on any atom is -0.309 e. The van der Waals surface area contributed by atoms with E-state index in [9.17, 15) is 0 Å². The molecule has 0 aliphatic rings. The Bertz CT molecular complexity index is 4620. The zero-order valence-corrected chi connectivity index (χ0v) is 38.5. The molecule has 0 saturated heterocycles. The van der Waals surface area contributed by atoms with Crippen molar-refractivity contribution in [2.45, 2.75) is 52.4 Å². The number of hydrogen-bond acceptors (Lipinski definition) is 1. The second-order valence-corrected chi connectivity index (χ2v) is 21.2. The summed E-state index contributed by atoms with van der Waals surface area (Å²) in [5, 5.41) is 17.8. The van der Waals surface area contributed by atoms with Gasteiger partial charge in [-0.15, -0.1) is 0 Å². The highest BCUT2D eigenvalue weighted by Crippen LogP contribution is 2.51. The van der Waals surface area contributed by atoms with Gasteiger partial charge >= 0.3 is 0 Å². The first-order valence-corrected chi connectivity index (χ1v) is 23.7. The van der Waals surface area contributed by atoms with Crippen molar-refractivity contribution in [1.82, 2.24) is 18.4 Å². The van der Waals surface area contributed by atoms with Gasteiger partial charge in [0.2, 0.25) is 0 Å². The third-order valence-corrected chi connectivity index (χ3v) is 15.4. The number of rotatable bonds is 2. The van der Waals surface area contributed by atoms with Gasteiger partial charge in [-0.05, 0) is 116 Å². The average Bonchev–Trinajstić information content (AvgIpc) is 4.13. The first-order valence-electron chi connectivity index (χ1n) is 23.7. The van der Waals surface area contributed by atoms with Crippen LogP contribution in [0, 0.1) is 0 Å². The number of hydrogen-bond donors (Lipinski definition) is 0. The summed E-state index contributed by atoms with van der Waals surface area (Å²) in [5.41, 5.74) is 15.7. The van der Waals surface area contributed by atoms with Crippen molar-refractivity contribution in [2.24, 2.45) is 0 Å². The number of benzene rings is 9. The topological polar surface area (TPSA) is 26.6 Å². The Labute approximate surface area is 386 Å². The predicted molar refractivity (Wildman–Crippen MR) is 286 cm³/mol. The molecule has 0 N–H and O–H groups in total. The fourth-order valence-corrected chi connectivity index (χ4v) is 12.2. The molecule has 0 fully saturated rings. The molecule has 6 aromatic heterocycles. The van der Waals surface area contributed by atoms with Gasteiger partial charge in [0.1, 0.15) is 5.65 Å². The summed E-state index contributed by atoms with van der Waals surface area (Å²) in [6, 6.07) is 61.6. The van der Waals surface area contributed by atoms with Crippen LogP contribution in [0.3, 0.4) is 0 Å². The van der Waals surface area contributed by atoms with Crippen LogP contribution in [-0.2, 0) is 10.8 Å². The summed E-state index contributed by atoms with van der Waals surface area (Å²) < 4.78 is 7.48. The molecule has 0 radical (unpaired) electrons. The summed E-state index contributed by atoms with van der Waals surface area (Å²) in [4.78, 5) is 5.66. The summed E-state index contributed by atoms with van der Waals surface area (Å²) in [7, 11) is 0. The SMILES string of the molecule is CC(C)(C)c1cc2c3c4ccccc4ccc3n3c4cnc5c(c6cc(C(C)(C)C)cc7c8cc9ccccc9c(-c9ccc%10c(c9)c9ccccc9n%10-c9ccccc9)c8n5c76)c4c(c1)c23. The van der Waals surface area contributed by atoms with E-state index in [4.69, 9.17) is 4.98 Å². The highest BCUT2D eigenvalue weighted by molar-refractivity contribution is 6.37. The summed E-state index contributed by atoms with van der Waals surface area (Å²) >= 11 is 0. The van der Waals surface area contributed by atoms with E-state index in [0.29, 0.717) is 0 Å². The monoisotopic (exact) mass is 858 g/mol. The molecule has 0 aliphatic carbocycles. The smallest absolute Gasteiger partial charge is 0.146 e. The van der Waals surface area contributed by atoms with Crippen LogP contribution in [0.5, 0.6) is 0 Å². The van der Waals surface area contributed by atoms with Crippen LogP contribution in [0.1, 0.15) is 52.7 Å². The Kier molecular flexibility index (Phi) is 6.94. The van der Waals surface area contributed by atoms with E-state index in [0.717, 1.165) is 16.9 Å². The molecule has 4 heteroatoms. The van der Waals surface area contributed by atoms with Crippen molar-refractivity contribution in [3.63, 3.8) is 0 Å². The fourth-order valence-electron chi connectivity index (χ4n) is 12.2. The minimum atomic E-state index is -0.0904. The molecular weight excluding hydrogens is 813 g/mol. The molecule has 0 bridgehead atoms. The number of fused-ring (bicyclic) bond motifs is 19. The van der Waals surface area contributed by atoms with E-state index in [1.54, 1.807) is 0 Å². The number of pyridine rings is 1. The molecule has 15 rings (SSSR count). The van der Waals surface area contributed by atoms with Crippen LogP contribution in [0.4, 0.5) is 0 Å². The molecule has 4 nitrogen and oxygen atoms in total. The van der Waals surface area contributed by atoms with Gasteiger partial charge < -0.3 is 8.97 Å². The van der Waals surface area contributed by atoms with Gasteiger partial charge in [-0.1, -0.05) is 139 Å². The van der Waals surface area contributed by atoms with E-state index in [1.807, 2.05) is 0 Å². The lowest BCUT2D eigenvalue weighted by atomic mass is 9.84. The van der Waals surface area contributed by atoms with Crippen molar-refractivity contribution < 1.29 is 0 Å². The van der Waals surface area contributed by atoms with Crippen molar-refractivity contribution >= 4 is 120 Å². The predicted octanol–water partition coefficient (Wildman–Crippen LogP) is 17.0. The fraction of sp³-hybridized carbons (Fsp3) is 0.127. The standard InChI is InChI=1S/C63H46N4/c1-62(2,3)38-30-46-45-28-36-17-11-13-21-42(36)54(37-25-26-51-44(29-37)43-22-14-15-23-50(43)65(51)40-18-8-7-9-19-40)60(45)67-58(46)49(33-38)57-56-48-32-39(63(4,5)6)31-47-55-41-20-12-10-16-35(41)24-27-52(55)66(59(47)48)53(56)34-64-61(57)67/h7-34H,1-6H3. The molecular formula is C63H46N4. The molecule has 0 spiro atoms. The first kappa shape index (κ1) is 37.3. The average molecular weight is 859 g/mol. The Morgan fingerprint density at radius 2 is 0.955 bits per heavy atom. The highest BCUT2D eigenvalue weighted by atomic mass is 15.0. The third-order valence-electron chi connectivity index (χ3n) is 15.4. The molecule has 67 heavy (non-hydrogen) atoms. The molecule has 6 heterocycles. The second-order valence-electron chi connectivity index (χ2n) is 21.2. The zero-order valence-electron chi connectivity index (χ0n) is 38.5. The van der Waals surface area contributed by atoms with E-state index in [1.165, 1.54) is 131 Å². The van der Waals surface area contributed by atoms with E-state index < -0.39 is 0 Å². The summed E-state index contributed by atoms with van der Waals surface area (Å²) in [5.74, 6) is 0. The normalized spacial score (nSPS) is 13.2. The molecule has 0 unspecified atom stereocenters. The van der Waals surface area contributed by atoms with Crippen LogP contribution in [0.15, 0.2) is 170 Å². The molecule has 0 amide bonds. The number of para-hydroxylation sites is 2. The lowest BCUT2D eigenvalue weighted by Crippen LogP contribution is -2.10. The maximum Gasteiger partial charge on any atom is 0.146 e. The van der Waals surface area contributed by atoms with Crippen LogP contribution in [0.2, 0.25) is 0 Å². The van der Waals surface area contributed by atoms with Crippen molar-refractivity contribution in [2.75, 3.05) is 0 Å². The van der Waals surface area contributed by atoms with Crippen LogP contribution in [0.25, 0.3) is 136 Å². The van der Waals surface area contributed by atoms with Crippen LogP contribution >= 0.6 is 0 Å². The van der Waals surface area contributed by atoms with Gasteiger partial charge in [0.15, 0.2) is 0 Å². The zero-order chi connectivity index (χ0) is 44.8. The third kappa shape index (κ3) is 4.74. The lowest BCUT2D eigenvalue weighted by molar-refractivity contribution is 0.591. The Morgan fingerprint density at radius 3 is 1.72 bits per heavy atom.